The van der Waals surface area contributed by atoms with Crippen LogP contribution in [0.25, 0.3) is 0 Å². The van der Waals surface area contributed by atoms with Crippen molar-refractivity contribution < 1.29 is 14.6 Å². The van der Waals surface area contributed by atoms with Gasteiger partial charge in [0.25, 0.3) is 5.91 Å². The van der Waals surface area contributed by atoms with E-state index in [0.29, 0.717) is 11.3 Å². The van der Waals surface area contributed by atoms with E-state index in [1.54, 1.807) is 19.1 Å². The van der Waals surface area contributed by atoms with E-state index < -0.39 is 6.10 Å². The van der Waals surface area contributed by atoms with E-state index >= 15 is 0 Å². The number of benzene rings is 1. The summed E-state index contributed by atoms with van der Waals surface area (Å²) in [6.07, 6.45) is -0.642. The van der Waals surface area contributed by atoms with Gasteiger partial charge in [0, 0.05) is 36.2 Å². The quantitative estimate of drug-likeness (QED) is 0.891. The van der Waals surface area contributed by atoms with Crippen molar-refractivity contribution in [3.63, 3.8) is 0 Å². The molecule has 0 aliphatic carbocycles. The van der Waals surface area contributed by atoms with Gasteiger partial charge in [0.2, 0.25) is 0 Å². The second kappa shape index (κ2) is 7.24. The van der Waals surface area contributed by atoms with E-state index in [0.717, 1.165) is 30.7 Å². The molecule has 2 rings (SSSR count). The second-order valence-corrected chi connectivity index (χ2v) is 6.25. The highest BCUT2D eigenvalue weighted by molar-refractivity contribution is 9.10. The summed E-state index contributed by atoms with van der Waals surface area (Å²) in [5.41, 5.74) is 0.676. The molecule has 1 aliphatic rings. The number of hydrogen-bond donors (Lipinski definition) is 1. The Bertz CT molecular complexity index is 500. The number of hydrogen-bond acceptors (Lipinski definition) is 4. The fourth-order valence-electron chi connectivity index (χ4n) is 2.26. The van der Waals surface area contributed by atoms with E-state index in [9.17, 15) is 9.90 Å². The number of aliphatic hydroxyl groups is 1. The number of piperazine rings is 1. The zero-order valence-electron chi connectivity index (χ0n) is 12.4. The van der Waals surface area contributed by atoms with Crippen LogP contribution in [0.2, 0.25) is 0 Å². The third kappa shape index (κ3) is 4.43. The molecule has 0 unspecified atom stereocenters. The van der Waals surface area contributed by atoms with Gasteiger partial charge in [0.15, 0.2) is 6.61 Å². The van der Waals surface area contributed by atoms with Crippen LogP contribution < -0.4 is 4.74 Å². The number of carbonyl (C=O) groups excluding carboxylic acids is 1. The van der Waals surface area contributed by atoms with Gasteiger partial charge in [-0.05, 0) is 32.2 Å². The number of halogens is 1. The second-order valence-electron chi connectivity index (χ2n) is 5.33. The Morgan fingerprint density at radius 2 is 2.05 bits per heavy atom. The van der Waals surface area contributed by atoms with Crippen LogP contribution in [0, 0.1) is 0 Å². The summed E-state index contributed by atoms with van der Waals surface area (Å²) in [6, 6.07) is 5.41. The summed E-state index contributed by atoms with van der Waals surface area (Å²) < 4.78 is 6.48. The first-order chi connectivity index (χ1) is 9.97. The van der Waals surface area contributed by atoms with Gasteiger partial charge < -0.3 is 19.6 Å². The fraction of sp³-hybridized carbons (Fsp3) is 0.533. The van der Waals surface area contributed by atoms with Gasteiger partial charge in [-0.25, -0.2) is 0 Å². The lowest BCUT2D eigenvalue weighted by Gasteiger charge is -2.32. The Morgan fingerprint density at radius 3 is 2.67 bits per heavy atom. The Labute approximate surface area is 133 Å². The number of rotatable bonds is 4. The predicted octanol–water partition coefficient (Wildman–Crippen LogP) is 1.66. The Balaban J connectivity index is 1.95. The SMILES string of the molecule is C[C@H](O)c1cc(Br)ccc1OCC(=O)N1CCN(C)CC1. The highest BCUT2D eigenvalue weighted by Gasteiger charge is 2.20. The molecule has 1 aromatic carbocycles. The normalized spacial score (nSPS) is 17.6. The molecule has 1 amide bonds. The van der Waals surface area contributed by atoms with Crippen LogP contribution >= 0.6 is 15.9 Å². The molecule has 1 aliphatic heterocycles. The minimum Gasteiger partial charge on any atom is -0.483 e. The Morgan fingerprint density at radius 1 is 1.38 bits per heavy atom. The maximum atomic E-state index is 12.1. The third-order valence-corrected chi connectivity index (χ3v) is 4.12. The average Bonchev–Trinajstić information content (AvgIpc) is 2.46. The molecule has 0 saturated carbocycles. The first-order valence-electron chi connectivity index (χ1n) is 7.04. The highest BCUT2D eigenvalue weighted by Crippen LogP contribution is 2.28. The molecule has 1 fully saturated rings. The largest absolute Gasteiger partial charge is 0.483 e. The molecular formula is C15H21BrN2O3. The van der Waals surface area contributed by atoms with Gasteiger partial charge in [-0.3, -0.25) is 4.79 Å². The van der Waals surface area contributed by atoms with Crippen LogP contribution in [0.5, 0.6) is 5.75 Å². The molecule has 1 atom stereocenters. The van der Waals surface area contributed by atoms with E-state index in [1.165, 1.54) is 0 Å². The molecule has 1 saturated heterocycles. The first kappa shape index (κ1) is 16.3. The van der Waals surface area contributed by atoms with Crippen molar-refractivity contribution in [1.29, 1.82) is 0 Å². The van der Waals surface area contributed by atoms with Crippen LogP contribution in [0.3, 0.4) is 0 Å². The number of ether oxygens (including phenoxy) is 1. The van der Waals surface area contributed by atoms with Crippen LogP contribution in [-0.4, -0.2) is 60.6 Å². The third-order valence-electron chi connectivity index (χ3n) is 3.63. The van der Waals surface area contributed by atoms with Gasteiger partial charge in [0.1, 0.15) is 5.75 Å². The number of nitrogens with zero attached hydrogens (tertiary/aromatic N) is 2. The van der Waals surface area contributed by atoms with Gasteiger partial charge in [-0.15, -0.1) is 0 Å². The Hall–Kier alpha value is -1.11. The smallest absolute Gasteiger partial charge is 0.260 e. The molecule has 6 heteroatoms. The number of amides is 1. The lowest BCUT2D eigenvalue weighted by Crippen LogP contribution is -2.48. The van der Waals surface area contributed by atoms with Crippen LogP contribution in [-0.2, 0) is 4.79 Å². The summed E-state index contributed by atoms with van der Waals surface area (Å²) in [6.45, 7) is 4.94. The molecule has 0 bridgehead atoms. The van der Waals surface area contributed by atoms with Crippen molar-refractivity contribution >= 4 is 21.8 Å². The monoisotopic (exact) mass is 356 g/mol. The molecule has 0 radical (unpaired) electrons. The lowest BCUT2D eigenvalue weighted by atomic mass is 10.1. The van der Waals surface area contributed by atoms with Gasteiger partial charge >= 0.3 is 0 Å². The van der Waals surface area contributed by atoms with Gasteiger partial charge in [-0.2, -0.15) is 0 Å². The molecule has 1 aromatic rings. The molecule has 116 valence electrons. The van der Waals surface area contributed by atoms with Crippen molar-refractivity contribution in [1.82, 2.24) is 9.80 Å². The number of aliphatic hydroxyl groups excluding tert-OH is 1. The molecular weight excluding hydrogens is 336 g/mol. The van der Waals surface area contributed by atoms with Crippen molar-refractivity contribution in [2.75, 3.05) is 39.8 Å². The summed E-state index contributed by atoms with van der Waals surface area (Å²) >= 11 is 3.37. The first-order valence-corrected chi connectivity index (χ1v) is 7.83. The van der Waals surface area contributed by atoms with E-state index in [2.05, 4.69) is 27.9 Å². The zero-order chi connectivity index (χ0) is 15.4. The molecule has 1 N–H and O–H groups in total. The number of carbonyl (C=O) groups is 1. The minimum atomic E-state index is -0.642. The zero-order valence-corrected chi connectivity index (χ0v) is 14.0. The minimum absolute atomic E-state index is 0.00503. The van der Waals surface area contributed by atoms with Gasteiger partial charge in [0.05, 0.1) is 6.10 Å². The van der Waals surface area contributed by atoms with Crippen LogP contribution in [0.4, 0.5) is 0 Å². The topological polar surface area (TPSA) is 53.0 Å². The fourth-order valence-corrected chi connectivity index (χ4v) is 2.64. The van der Waals surface area contributed by atoms with Crippen molar-refractivity contribution in [3.8, 4) is 5.75 Å². The molecule has 5 nitrogen and oxygen atoms in total. The number of likely N-dealkylation sites (N-methyl/N-ethyl adjacent to an activating group) is 1. The van der Waals surface area contributed by atoms with Gasteiger partial charge in [-0.1, -0.05) is 15.9 Å². The predicted molar refractivity (Wildman–Crippen MR) is 84.3 cm³/mol. The highest BCUT2D eigenvalue weighted by atomic mass is 79.9. The van der Waals surface area contributed by atoms with Crippen LogP contribution in [0.1, 0.15) is 18.6 Å². The summed E-state index contributed by atoms with van der Waals surface area (Å²) in [5, 5.41) is 9.77. The molecule has 21 heavy (non-hydrogen) atoms. The van der Waals surface area contributed by atoms with Crippen molar-refractivity contribution in [3.05, 3.63) is 28.2 Å². The summed E-state index contributed by atoms with van der Waals surface area (Å²) in [5.74, 6) is 0.540. The molecule has 1 heterocycles. The van der Waals surface area contributed by atoms with E-state index in [4.69, 9.17) is 4.74 Å². The maximum Gasteiger partial charge on any atom is 0.260 e. The lowest BCUT2D eigenvalue weighted by molar-refractivity contribution is -0.134. The molecule has 0 aromatic heterocycles. The Kier molecular flexibility index (Phi) is 5.61. The van der Waals surface area contributed by atoms with E-state index in [1.807, 2.05) is 11.0 Å². The summed E-state index contributed by atoms with van der Waals surface area (Å²) in [7, 11) is 2.05. The van der Waals surface area contributed by atoms with Crippen molar-refractivity contribution in [2.45, 2.75) is 13.0 Å². The van der Waals surface area contributed by atoms with E-state index in [-0.39, 0.29) is 12.5 Å². The summed E-state index contributed by atoms with van der Waals surface area (Å²) in [4.78, 5) is 16.2. The van der Waals surface area contributed by atoms with Crippen molar-refractivity contribution in [2.24, 2.45) is 0 Å². The maximum absolute atomic E-state index is 12.1. The standard InChI is InChI=1S/C15H21BrN2O3/c1-11(19)13-9-12(16)3-4-14(13)21-10-15(20)18-7-5-17(2)6-8-18/h3-4,9,11,19H,5-8,10H2,1-2H3/t11-/m0/s1. The average molecular weight is 357 g/mol. The molecule has 0 spiro atoms. The van der Waals surface area contributed by atoms with Crippen LogP contribution in [0.15, 0.2) is 22.7 Å².